The molecule has 0 saturated carbocycles. The van der Waals surface area contributed by atoms with Crippen molar-refractivity contribution in [3.8, 4) is 22.9 Å². The second kappa shape index (κ2) is 8.17. The second-order valence-corrected chi connectivity index (χ2v) is 5.66. The Morgan fingerprint density at radius 2 is 1.85 bits per heavy atom. The molecule has 3 rings (SSSR count). The number of nitro benzene ring substituents is 1. The zero-order chi connectivity index (χ0) is 19.2. The van der Waals surface area contributed by atoms with E-state index in [0.29, 0.717) is 30.3 Å². The average molecular weight is 369 g/mol. The fourth-order valence-corrected chi connectivity index (χ4v) is 2.54. The molecule has 2 aromatic carbocycles. The predicted octanol–water partition coefficient (Wildman–Crippen LogP) is 3.05. The zero-order valence-electron chi connectivity index (χ0n) is 14.9. The number of aromatic amines is 1. The number of ether oxygens (including phenoxy) is 2. The summed E-state index contributed by atoms with van der Waals surface area (Å²) in [6.45, 7) is 0.643. The van der Waals surface area contributed by atoms with Gasteiger partial charge in [0.2, 0.25) is 0 Å². The van der Waals surface area contributed by atoms with Crippen LogP contribution < -0.4 is 14.8 Å². The van der Waals surface area contributed by atoms with Gasteiger partial charge in [-0.05, 0) is 24.3 Å². The predicted molar refractivity (Wildman–Crippen MR) is 100 cm³/mol. The first-order chi connectivity index (χ1) is 13.1. The van der Waals surface area contributed by atoms with E-state index < -0.39 is 4.92 Å². The number of nitro groups is 1. The maximum atomic E-state index is 10.7. The van der Waals surface area contributed by atoms with Crippen LogP contribution in [-0.2, 0) is 6.42 Å². The molecule has 0 radical (unpaired) electrons. The lowest BCUT2D eigenvalue weighted by Gasteiger charge is -2.10. The van der Waals surface area contributed by atoms with E-state index in [0.717, 1.165) is 17.1 Å². The number of hydrogen-bond donors (Lipinski definition) is 2. The number of benzene rings is 2. The monoisotopic (exact) mass is 369 g/mol. The summed E-state index contributed by atoms with van der Waals surface area (Å²) < 4.78 is 10.5. The third kappa shape index (κ3) is 4.32. The van der Waals surface area contributed by atoms with Crippen LogP contribution in [0.1, 0.15) is 5.82 Å². The second-order valence-electron chi connectivity index (χ2n) is 5.66. The number of nitrogens with zero attached hydrogens (tertiary/aromatic N) is 3. The molecule has 0 fully saturated rings. The summed E-state index contributed by atoms with van der Waals surface area (Å²) >= 11 is 0. The van der Waals surface area contributed by atoms with Crippen LogP contribution in [0, 0.1) is 10.1 Å². The number of rotatable bonds is 8. The fraction of sp³-hybridized carbons (Fsp3) is 0.222. The van der Waals surface area contributed by atoms with Crippen LogP contribution in [0.2, 0.25) is 0 Å². The first-order valence-corrected chi connectivity index (χ1v) is 8.22. The molecule has 0 aliphatic carbocycles. The molecule has 2 N–H and O–H groups in total. The topological polar surface area (TPSA) is 115 Å². The molecule has 0 bridgehead atoms. The molecule has 0 saturated heterocycles. The van der Waals surface area contributed by atoms with Crippen LogP contribution in [0.25, 0.3) is 11.4 Å². The lowest BCUT2D eigenvalue weighted by atomic mass is 10.2. The van der Waals surface area contributed by atoms with E-state index in [1.807, 2.05) is 18.2 Å². The number of H-pyrrole nitrogens is 1. The van der Waals surface area contributed by atoms with Crippen molar-refractivity contribution in [1.29, 1.82) is 0 Å². The third-order valence-electron chi connectivity index (χ3n) is 3.94. The van der Waals surface area contributed by atoms with Crippen molar-refractivity contribution >= 4 is 11.4 Å². The SMILES string of the molecule is COc1ccc(NCCc2nc(-c3ccc([N+](=O)[O-])cc3)n[nH]2)cc1OC. The highest BCUT2D eigenvalue weighted by atomic mass is 16.6. The van der Waals surface area contributed by atoms with E-state index in [9.17, 15) is 10.1 Å². The van der Waals surface area contributed by atoms with Gasteiger partial charge in [0.25, 0.3) is 5.69 Å². The number of methoxy groups -OCH3 is 2. The van der Waals surface area contributed by atoms with Crippen LogP contribution in [0.4, 0.5) is 11.4 Å². The molecule has 0 aliphatic heterocycles. The highest BCUT2D eigenvalue weighted by Gasteiger charge is 2.09. The summed E-state index contributed by atoms with van der Waals surface area (Å²) in [5.74, 6) is 2.55. The number of nitrogens with one attached hydrogen (secondary N) is 2. The summed E-state index contributed by atoms with van der Waals surface area (Å²) in [5.41, 5.74) is 1.66. The third-order valence-corrected chi connectivity index (χ3v) is 3.94. The van der Waals surface area contributed by atoms with Crippen molar-refractivity contribution in [2.24, 2.45) is 0 Å². The Morgan fingerprint density at radius 3 is 2.52 bits per heavy atom. The maximum Gasteiger partial charge on any atom is 0.269 e. The van der Waals surface area contributed by atoms with Crippen LogP contribution in [0.5, 0.6) is 11.5 Å². The van der Waals surface area contributed by atoms with Gasteiger partial charge >= 0.3 is 0 Å². The lowest BCUT2D eigenvalue weighted by Crippen LogP contribution is -2.06. The molecule has 0 spiro atoms. The van der Waals surface area contributed by atoms with Crippen LogP contribution >= 0.6 is 0 Å². The fourth-order valence-electron chi connectivity index (χ4n) is 2.54. The largest absolute Gasteiger partial charge is 0.493 e. The van der Waals surface area contributed by atoms with E-state index in [1.54, 1.807) is 26.4 Å². The van der Waals surface area contributed by atoms with Gasteiger partial charge in [-0.2, -0.15) is 5.10 Å². The smallest absolute Gasteiger partial charge is 0.269 e. The Morgan fingerprint density at radius 1 is 1.11 bits per heavy atom. The van der Waals surface area contributed by atoms with Crippen molar-refractivity contribution in [2.75, 3.05) is 26.1 Å². The van der Waals surface area contributed by atoms with E-state index in [4.69, 9.17) is 9.47 Å². The average Bonchev–Trinajstić information content (AvgIpc) is 3.16. The molecule has 1 aromatic heterocycles. The van der Waals surface area contributed by atoms with Gasteiger partial charge in [-0.25, -0.2) is 4.98 Å². The molecule has 1 heterocycles. The summed E-state index contributed by atoms with van der Waals surface area (Å²) in [6, 6.07) is 11.7. The standard InChI is InChI=1S/C18H19N5O4/c1-26-15-8-5-13(11-16(15)27-2)19-10-9-17-20-18(22-21-17)12-3-6-14(7-4-12)23(24)25/h3-8,11,19H,9-10H2,1-2H3,(H,20,21,22). The van der Waals surface area contributed by atoms with E-state index in [1.165, 1.54) is 12.1 Å². The number of non-ortho nitro benzene ring substituents is 1. The summed E-state index contributed by atoms with van der Waals surface area (Å²) in [4.78, 5) is 14.7. The van der Waals surface area contributed by atoms with Crippen molar-refractivity contribution in [3.63, 3.8) is 0 Å². The van der Waals surface area contributed by atoms with E-state index >= 15 is 0 Å². The first-order valence-electron chi connectivity index (χ1n) is 8.22. The van der Waals surface area contributed by atoms with Crippen LogP contribution in [0.3, 0.4) is 0 Å². The molecule has 0 atom stereocenters. The van der Waals surface area contributed by atoms with Crippen molar-refractivity contribution in [1.82, 2.24) is 15.2 Å². The van der Waals surface area contributed by atoms with Gasteiger partial charge in [-0.1, -0.05) is 0 Å². The minimum atomic E-state index is -0.437. The van der Waals surface area contributed by atoms with Gasteiger partial charge < -0.3 is 14.8 Å². The molecule has 9 heteroatoms. The highest BCUT2D eigenvalue weighted by molar-refractivity contribution is 5.57. The summed E-state index contributed by atoms with van der Waals surface area (Å²) in [7, 11) is 3.19. The molecule has 140 valence electrons. The van der Waals surface area contributed by atoms with Crippen LogP contribution in [-0.4, -0.2) is 40.9 Å². The first kappa shape index (κ1) is 18.2. The Bertz CT molecular complexity index is 924. The number of aromatic nitrogens is 3. The Hall–Kier alpha value is -3.62. The molecule has 0 amide bonds. The Kier molecular flexibility index (Phi) is 5.50. The molecule has 27 heavy (non-hydrogen) atoms. The molecule has 0 unspecified atom stereocenters. The maximum absolute atomic E-state index is 10.7. The van der Waals surface area contributed by atoms with Gasteiger partial charge in [0.15, 0.2) is 17.3 Å². The zero-order valence-corrected chi connectivity index (χ0v) is 14.9. The minimum Gasteiger partial charge on any atom is -0.493 e. The van der Waals surface area contributed by atoms with Gasteiger partial charge in [-0.15, -0.1) is 0 Å². The Labute approximate surface area is 155 Å². The number of anilines is 1. The normalized spacial score (nSPS) is 10.4. The van der Waals surface area contributed by atoms with Gasteiger partial charge in [0.1, 0.15) is 5.82 Å². The lowest BCUT2D eigenvalue weighted by molar-refractivity contribution is -0.384. The van der Waals surface area contributed by atoms with E-state index in [2.05, 4.69) is 20.5 Å². The van der Waals surface area contributed by atoms with Crippen molar-refractivity contribution in [3.05, 3.63) is 58.4 Å². The van der Waals surface area contributed by atoms with Gasteiger partial charge in [-0.3, -0.25) is 15.2 Å². The van der Waals surface area contributed by atoms with Gasteiger partial charge in [0.05, 0.1) is 19.1 Å². The Balaban J connectivity index is 1.59. The van der Waals surface area contributed by atoms with Crippen molar-refractivity contribution in [2.45, 2.75) is 6.42 Å². The molecular weight excluding hydrogens is 350 g/mol. The summed E-state index contributed by atoms with van der Waals surface area (Å²) in [5, 5.41) is 21.1. The van der Waals surface area contributed by atoms with Crippen molar-refractivity contribution < 1.29 is 14.4 Å². The molecular formula is C18H19N5O4. The number of hydrogen-bond acceptors (Lipinski definition) is 7. The molecule has 3 aromatic rings. The summed E-state index contributed by atoms with van der Waals surface area (Å²) in [6.07, 6.45) is 0.633. The molecule has 9 nitrogen and oxygen atoms in total. The van der Waals surface area contributed by atoms with E-state index in [-0.39, 0.29) is 5.69 Å². The minimum absolute atomic E-state index is 0.0358. The van der Waals surface area contributed by atoms with Crippen LogP contribution in [0.15, 0.2) is 42.5 Å². The highest BCUT2D eigenvalue weighted by Crippen LogP contribution is 2.29. The molecule has 0 aliphatic rings. The van der Waals surface area contributed by atoms with Gasteiger partial charge in [0, 0.05) is 42.4 Å². The quantitative estimate of drug-likeness (QED) is 0.463.